The molecule has 0 fully saturated rings. The molecule has 1 aromatic heterocycles. The molecular formula is C11H15NO. The predicted molar refractivity (Wildman–Crippen MR) is 51.9 cm³/mol. The minimum absolute atomic E-state index is 0.223. The van der Waals surface area contributed by atoms with Crippen molar-refractivity contribution in [1.29, 1.82) is 0 Å². The quantitative estimate of drug-likeness (QED) is 0.680. The predicted octanol–water partition coefficient (Wildman–Crippen LogP) is 2.66. The fraction of sp³-hybridized carbons (Fsp3) is 0.545. The van der Waals surface area contributed by atoms with Crippen LogP contribution in [0, 0.1) is 5.92 Å². The van der Waals surface area contributed by atoms with E-state index >= 15 is 0 Å². The Morgan fingerprint density at radius 2 is 2.31 bits per heavy atom. The molecule has 0 spiro atoms. The highest BCUT2D eigenvalue weighted by molar-refractivity contribution is 5.98. The van der Waals surface area contributed by atoms with Crippen LogP contribution in [-0.2, 0) is 0 Å². The Labute approximate surface area is 78.6 Å². The van der Waals surface area contributed by atoms with Crippen LogP contribution in [0.25, 0.3) is 0 Å². The molecule has 13 heavy (non-hydrogen) atoms. The second kappa shape index (κ2) is 3.02. The van der Waals surface area contributed by atoms with Gasteiger partial charge in [0.25, 0.3) is 0 Å². The van der Waals surface area contributed by atoms with Crippen LogP contribution in [0.15, 0.2) is 18.3 Å². The third-order valence-electron chi connectivity index (χ3n) is 2.99. The van der Waals surface area contributed by atoms with Gasteiger partial charge in [0.15, 0.2) is 5.78 Å². The second-order valence-corrected chi connectivity index (χ2v) is 3.80. The summed E-state index contributed by atoms with van der Waals surface area (Å²) in [6, 6.07) is 4.23. The number of fused-ring (bicyclic) bond motifs is 1. The van der Waals surface area contributed by atoms with Crippen molar-refractivity contribution in [2.75, 3.05) is 0 Å². The van der Waals surface area contributed by atoms with Gasteiger partial charge in [-0.2, -0.15) is 0 Å². The maximum atomic E-state index is 11.8. The van der Waals surface area contributed by atoms with Crippen molar-refractivity contribution in [3.8, 4) is 0 Å². The Morgan fingerprint density at radius 1 is 1.54 bits per heavy atom. The highest BCUT2D eigenvalue weighted by Gasteiger charge is 2.35. The molecule has 0 radical (unpaired) electrons. The van der Waals surface area contributed by atoms with Crippen molar-refractivity contribution < 1.29 is 4.79 Å². The third-order valence-corrected chi connectivity index (χ3v) is 2.99. The van der Waals surface area contributed by atoms with Gasteiger partial charge < -0.3 is 4.57 Å². The molecule has 2 heteroatoms. The number of ketones is 1. The first-order valence-electron chi connectivity index (χ1n) is 4.96. The second-order valence-electron chi connectivity index (χ2n) is 3.80. The molecule has 2 atom stereocenters. The SMILES string of the molecule is CCCC1C(=O)c2cccn2C1C. The number of aromatic nitrogens is 1. The molecule has 0 N–H and O–H groups in total. The van der Waals surface area contributed by atoms with Gasteiger partial charge in [0.05, 0.1) is 5.69 Å². The maximum absolute atomic E-state index is 11.8. The van der Waals surface area contributed by atoms with Crippen LogP contribution in [-0.4, -0.2) is 10.4 Å². The molecule has 0 amide bonds. The van der Waals surface area contributed by atoms with Crippen LogP contribution in [0.3, 0.4) is 0 Å². The molecule has 2 rings (SSSR count). The molecular weight excluding hydrogens is 162 g/mol. The van der Waals surface area contributed by atoms with E-state index < -0.39 is 0 Å². The fourth-order valence-corrected chi connectivity index (χ4v) is 2.24. The van der Waals surface area contributed by atoms with Crippen molar-refractivity contribution in [1.82, 2.24) is 4.57 Å². The summed E-state index contributed by atoms with van der Waals surface area (Å²) >= 11 is 0. The van der Waals surface area contributed by atoms with E-state index in [1.54, 1.807) is 0 Å². The Bertz CT molecular complexity index is 327. The molecule has 0 saturated carbocycles. The molecule has 0 aliphatic carbocycles. The number of carbonyl (C=O) groups is 1. The third kappa shape index (κ3) is 1.12. The van der Waals surface area contributed by atoms with Crippen molar-refractivity contribution in [3.05, 3.63) is 24.0 Å². The van der Waals surface area contributed by atoms with Gasteiger partial charge >= 0.3 is 0 Å². The fourth-order valence-electron chi connectivity index (χ4n) is 2.24. The normalized spacial score (nSPS) is 26.5. The summed E-state index contributed by atoms with van der Waals surface area (Å²) in [7, 11) is 0. The van der Waals surface area contributed by atoms with Crippen LogP contribution in [0.1, 0.15) is 43.2 Å². The number of Topliss-reactive ketones (excluding diaryl/α,β-unsaturated/α-hetero) is 1. The largest absolute Gasteiger partial charge is 0.342 e. The van der Waals surface area contributed by atoms with E-state index in [1.807, 2.05) is 18.3 Å². The molecule has 0 bridgehead atoms. The van der Waals surface area contributed by atoms with Crippen LogP contribution < -0.4 is 0 Å². The number of carbonyl (C=O) groups excluding carboxylic acids is 1. The van der Waals surface area contributed by atoms with Gasteiger partial charge in [-0.25, -0.2) is 0 Å². The molecule has 2 unspecified atom stereocenters. The minimum Gasteiger partial charge on any atom is -0.342 e. The zero-order chi connectivity index (χ0) is 9.42. The van der Waals surface area contributed by atoms with Gasteiger partial charge in [-0.15, -0.1) is 0 Å². The summed E-state index contributed by atoms with van der Waals surface area (Å²) in [5, 5.41) is 0. The van der Waals surface area contributed by atoms with Crippen molar-refractivity contribution >= 4 is 5.78 Å². The zero-order valence-corrected chi connectivity index (χ0v) is 8.16. The van der Waals surface area contributed by atoms with Crippen molar-refractivity contribution in [2.45, 2.75) is 32.7 Å². The molecule has 2 heterocycles. The first-order chi connectivity index (χ1) is 6.25. The minimum atomic E-state index is 0.223. The number of rotatable bonds is 2. The highest BCUT2D eigenvalue weighted by atomic mass is 16.1. The van der Waals surface area contributed by atoms with Crippen LogP contribution in [0.4, 0.5) is 0 Å². The maximum Gasteiger partial charge on any atom is 0.184 e. The van der Waals surface area contributed by atoms with Gasteiger partial charge in [-0.3, -0.25) is 4.79 Å². The van der Waals surface area contributed by atoms with Crippen molar-refractivity contribution in [2.24, 2.45) is 5.92 Å². The van der Waals surface area contributed by atoms with E-state index in [0.29, 0.717) is 11.8 Å². The van der Waals surface area contributed by atoms with Crippen molar-refractivity contribution in [3.63, 3.8) is 0 Å². The Kier molecular flexibility index (Phi) is 1.98. The standard InChI is InChI=1S/C11H15NO/c1-3-5-9-8(2)12-7-4-6-10(12)11(9)13/h4,6-9H,3,5H2,1-2H3. The van der Waals surface area contributed by atoms with Crippen LogP contribution >= 0.6 is 0 Å². The highest BCUT2D eigenvalue weighted by Crippen LogP contribution is 2.34. The summed E-state index contributed by atoms with van der Waals surface area (Å²) in [5.74, 6) is 0.556. The lowest BCUT2D eigenvalue weighted by molar-refractivity contribution is 0.0916. The van der Waals surface area contributed by atoms with E-state index in [9.17, 15) is 4.79 Å². The average molecular weight is 177 g/mol. The lowest BCUT2D eigenvalue weighted by atomic mass is 9.94. The van der Waals surface area contributed by atoms with Gasteiger partial charge in [-0.1, -0.05) is 13.3 Å². The number of nitrogens with zero attached hydrogens (tertiary/aromatic N) is 1. The molecule has 1 aliphatic rings. The number of hydrogen-bond acceptors (Lipinski definition) is 1. The molecule has 0 aromatic carbocycles. The Hall–Kier alpha value is -1.05. The first-order valence-corrected chi connectivity index (χ1v) is 4.96. The smallest absolute Gasteiger partial charge is 0.184 e. The summed E-state index contributed by atoms with van der Waals surface area (Å²) in [6.45, 7) is 4.27. The monoisotopic (exact) mass is 177 g/mol. The van der Waals surface area contributed by atoms with Gasteiger partial charge in [0, 0.05) is 18.2 Å². The average Bonchev–Trinajstić information content (AvgIpc) is 2.66. The lowest BCUT2D eigenvalue weighted by Crippen LogP contribution is -2.12. The molecule has 2 nitrogen and oxygen atoms in total. The number of hydrogen-bond donors (Lipinski definition) is 0. The Morgan fingerprint density at radius 3 is 2.92 bits per heavy atom. The molecule has 0 saturated heterocycles. The summed E-state index contributed by atoms with van der Waals surface area (Å²) in [5.41, 5.74) is 0.894. The molecule has 1 aromatic rings. The van der Waals surface area contributed by atoms with Gasteiger partial charge in [-0.05, 0) is 25.5 Å². The van der Waals surface area contributed by atoms with Gasteiger partial charge in [0.2, 0.25) is 0 Å². The van der Waals surface area contributed by atoms with Gasteiger partial charge in [0.1, 0.15) is 0 Å². The molecule has 1 aliphatic heterocycles. The summed E-state index contributed by atoms with van der Waals surface area (Å²) in [4.78, 5) is 11.8. The topological polar surface area (TPSA) is 22.0 Å². The Balaban J connectivity index is 2.32. The molecule has 70 valence electrons. The van der Waals surface area contributed by atoms with E-state index in [1.165, 1.54) is 0 Å². The lowest BCUT2D eigenvalue weighted by Gasteiger charge is -2.13. The van der Waals surface area contributed by atoms with E-state index in [2.05, 4.69) is 18.4 Å². The van der Waals surface area contributed by atoms with Crippen LogP contribution in [0.2, 0.25) is 0 Å². The first kappa shape index (κ1) is 8.54. The van der Waals surface area contributed by atoms with E-state index in [-0.39, 0.29) is 5.92 Å². The summed E-state index contributed by atoms with van der Waals surface area (Å²) < 4.78 is 2.10. The van der Waals surface area contributed by atoms with Crippen LogP contribution in [0.5, 0.6) is 0 Å². The van der Waals surface area contributed by atoms with E-state index in [0.717, 1.165) is 18.5 Å². The summed E-state index contributed by atoms with van der Waals surface area (Å²) in [6.07, 6.45) is 4.11. The van der Waals surface area contributed by atoms with E-state index in [4.69, 9.17) is 0 Å². The zero-order valence-electron chi connectivity index (χ0n) is 8.16.